The van der Waals surface area contributed by atoms with Crippen molar-refractivity contribution in [2.75, 3.05) is 6.61 Å². The molecule has 3 nitrogen and oxygen atoms in total. The minimum absolute atomic E-state index is 0.0748. The first kappa shape index (κ1) is 17.8. The largest absolute Gasteiger partial charge is 0.490 e. The molecular formula is C21H25NO2. The molecule has 0 unspecified atom stereocenters. The molecule has 0 bridgehead atoms. The Morgan fingerprint density at radius 3 is 2.46 bits per heavy atom. The molecule has 0 radical (unpaired) electrons. The van der Waals surface area contributed by atoms with Crippen LogP contribution in [-0.4, -0.2) is 12.5 Å². The summed E-state index contributed by atoms with van der Waals surface area (Å²) in [5.41, 5.74) is 4.39. The minimum atomic E-state index is -0.0748. The lowest BCUT2D eigenvalue weighted by molar-refractivity contribution is 0.0951. The monoisotopic (exact) mass is 323 g/mol. The molecule has 1 N–H and O–H groups in total. The Kier molecular flexibility index (Phi) is 6.62. The highest BCUT2D eigenvalue weighted by molar-refractivity contribution is 5.94. The maximum atomic E-state index is 12.3. The van der Waals surface area contributed by atoms with Gasteiger partial charge in [0.2, 0.25) is 0 Å². The molecule has 0 aliphatic carbocycles. The fraction of sp³-hybridized carbons (Fsp3) is 0.286. The summed E-state index contributed by atoms with van der Waals surface area (Å²) in [6.45, 7) is 8.89. The molecule has 0 spiro atoms. The van der Waals surface area contributed by atoms with Crippen LogP contribution in [0.15, 0.2) is 55.1 Å². The predicted molar refractivity (Wildman–Crippen MR) is 98.5 cm³/mol. The number of hydrogen-bond acceptors (Lipinski definition) is 2. The molecule has 0 aromatic heterocycles. The molecule has 0 fully saturated rings. The van der Waals surface area contributed by atoms with E-state index in [-0.39, 0.29) is 5.91 Å². The number of hydrogen-bond donors (Lipinski definition) is 1. The standard InChI is InChI=1S/C21H25NO2/c1-4-13-24-20-11-9-18(10-12-20)21(23)22-15-19-14-16(5-2)7-8-17(19)6-3/h4,7-12,14H,1,5-6,13,15H2,2-3H3,(H,22,23). The van der Waals surface area contributed by atoms with Gasteiger partial charge in [-0.15, -0.1) is 0 Å². The molecule has 0 aliphatic heterocycles. The predicted octanol–water partition coefficient (Wildman–Crippen LogP) is 4.31. The molecule has 0 aliphatic rings. The zero-order chi connectivity index (χ0) is 17.4. The number of amides is 1. The van der Waals surface area contributed by atoms with Gasteiger partial charge < -0.3 is 10.1 Å². The smallest absolute Gasteiger partial charge is 0.251 e. The first-order valence-electron chi connectivity index (χ1n) is 8.40. The average molecular weight is 323 g/mol. The normalized spacial score (nSPS) is 10.2. The summed E-state index contributed by atoms with van der Waals surface area (Å²) in [6.07, 6.45) is 3.65. The van der Waals surface area contributed by atoms with Gasteiger partial charge in [-0.25, -0.2) is 0 Å². The van der Waals surface area contributed by atoms with Gasteiger partial charge in [0.05, 0.1) is 0 Å². The van der Waals surface area contributed by atoms with Gasteiger partial charge in [-0.2, -0.15) is 0 Å². The van der Waals surface area contributed by atoms with E-state index in [9.17, 15) is 4.79 Å². The quantitative estimate of drug-likeness (QED) is 0.735. The van der Waals surface area contributed by atoms with Crippen LogP contribution in [0.25, 0.3) is 0 Å². The van der Waals surface area contributed by atoms with Gasteiger partial charge in [-0.1, -0.05) is 44.7 Å². The third-order valence-corrected chi connectivity index (χ3v) is 3.98. The van der Waals surface area contributed by atoms with E-state index in [1.807, 2.05) is 0 Å². The van der Waals surface area contributed by atoms with Crippen molar-refractivity contribution in [2.45, 2.75) is 33.2 Å². The second kappa shape index (κ2) is 8.92. The van der Waals surface area contributed by atoms with Crippen molar-refractivity contribution in [3.63, 3.8) is 0 Å². The van der Waals surface area contributed by atoms with Crippen molar-refractivity contribution in [1.82, 2.24) is 5.32 Å². The fourth-order valence-corrected chi connectivity index (χ4v) is 2.54. The summed E-state index contributed by atoms with van der Waals surface area (Å²) in [6, 6.07) is 13.7. The molecule has 3 heteroatoms. The molecule has 0 heterocycles. The average Bonchev–Trinajstić information content (AvgIpc) is 2.64. The first-order valence-corrected chi connectivity index (χ1v) is 8.40. The number of aryl methyl sites for hydroxylation is 2. The number of carbonyl (C=O) groups is 1. The summed E-state index contributed by atoms with van der Waals surface area (Å²) >= 11 is 0. The molecule has 0 saturated carbocycles. The second-order valence-corrected chi connectivity index (χ2v) is 5.62. The topological polar surface area (TPSA) is 38.3 Å². The molecule has 126 valence electrons. The SMILES string of the molecule is C=CCOc1ccc(C(=O)NCc2cc(CC)ccc2CC)cc1. The lowest BCUT2D eigenvalue weighted by Crippen LogP contribution is -2.23. The van der Waals surface area contributed by atoms with Gasteiger partial charge in [0.1, 0.15) is 12.4 Å². The van der Waals surface area contributed by atoms with E-state index >= 15 is 0 Å². The molecule has 1 amide bonds. The molecular weight excluding hydrogens is 298 g/mol. The van der Waals surface area contributed by atoms with Crippen molar-refractivity contribution in [3.05, 3.63) is 77.4 Å². The van der Waals surface area contributed by atoms with Gasteiger partial charge in [0.25, 0.3) is 5.91 Å². The lowest BCUT2D eigenvalue weighted by atomic mass is 10.0. The van der Waals surface area contributed by atoms with Crippen LogP contribution in [-0.2, 0) is 19.4 Å². The van der Waals surface area contributed by atoms with Crippen molar-refractivity contribution in [2.24, 2.45) is 0 Å². The Morgan fingerprint density at radius 1 is 1.08 bits per heavy atom. The van der Waals surface area contributed by atoms with Gasteiger partial charge in [-0.05, 0) is 53.8 Å². The third-order valence-electron chi connectivity index (χ3n) is 3.98. The number of rotatable bonds is 8. The summed E-state index contributed by atoms with van der Waals surface area (Å²) in [5.74, 6) is 0.657. The molecule has 2 rings (SSSR count). The van der Waals surface area contributed by atoms with E-state index in [0.29, 0.717) is 18.7 Å². The summed E-state index contributed by atoms with van der Waals surface area (Å²) in [7, 11) is 0. The lowest BCUT2D eigenvalue weighted by Gasteiger charge is -2.12. The maximum absolute atomic E-state index is 12.3. The minimum Gasteiger partial charge on any atom is -0.490 e. The van der Waals surface area contributed by atoms with E-state index < -0.39 is 0 Å². The van der Waals surface area contributed by atoms with E-state index in [1.54, 1.807) is 30.3 Å². The highest BCUT2D eigenvalue weighted by Crippen LogP contribution is 2.15. The fourth-order valence-electron chi connectivity index (χ4n) is 2.54. The van der Waals surface area contributed by atoms with Crippen LogP contribution in [0.2, 0.25) is 0 Å². The Labute approximate surface area is 144 Å². The number of ether oxygens (including phenoxy) is 1. The van der Waals surface area contributed by atoms with Crippen molar-refractivity contribution in [1.29, 1.82) is 0 Å². The Morgan fingerprint density at radius 2 is 1.83 bits per heavy atom. The third kappa shape index (κ3) is 4.72. The summed E-state index contributed by atoms with van der Waals surface area (Å²) < 4.78 is 5.43. The number of nitrogens with one attached hydrogen (secondary N) is 1. The molecule has 2 aromatic rings. The van der Waals surface area contributed by atoms with Crippen LogP contribution in [0.1, 0.15) is 40.9 Å². The van der Waals surface area contributed by atoms with Crippen molar-refractivity contribution in [3.8, 4) is 5.75 Å². The molecule has 0 atom stereocenters. The highest BCUT2D eigenvalue weighted by Gasteiger charge is 2.08. The Hall–Kier alpha value is -2.55. The van der Waals surface area contributed by atoms with Crippen LogP contribution < -0.4 is 10.1 Å². The summed E-state index contributed by atoms with van der Waals surface area (Å²) in [5, 5.41) is 3.01. The van der Waals surface area contributed by atoms with Gasteiger partial charge in [-0.3, -0.25) is 4.79 Å². The van der Waals surface area contributed by atoms with Crippen molar-refractivity contribution < 1.29 is 9.53 Å². The zero-order valence-corrected chi connectivity index (χ0v) is 14.5. The molecule has 24 heavy (non-hydrogen) atoms. The van der Waals surface area contributed by atoms with Gasteiger partial charge in [0.15, 0.2) is 0 Å². The highest BCUT2D eigenvalue weighted by atomic mass is 16.5. The van der Waals surface area contributed by atoms with E-state index in [4.69, 9.17) is 4.74 Å². The first-order chi connectivity index (χ1) is 11.7. The second-order valence-electron chi connectivity index (χ2n) is 5.62. The number of carbonyl (C=O) groups excluding carboxylic acids is 1. The summed E-state index contributed by atoms with van der Waals surface area (Å²) in [4.78, 5) is 12.3. The van der Waals surface area contributed by atoms with Crippen LogP contribution in [0.4, 0.5) is 0 Å². The maximum Gasteiger partial charge on any atom is 0.251 e. The van der Waals surface area contributed by atoms with Gasteiger partial charge in [0, 0.05) is 12.1 Å². The van der Waals surface area contributed by atoms with Crippen LogP contribution in [0.3, 0.4) is 0 Å². The zero-order valence-electron chi connectivity index (χ0n) is 14.5. The Balaban J connectivity index is 2.01. The number of benzene rings is 2. The van der Waals surface area contributed by atoms with E-state index in [1.165, 1.54) is 16.7 Å². The molecule has 2 aromatic carbocycles. The van der Waals surface area contributed by atoms with Crippen LogP contribution >= 0.6 is 0 Å². The van der Waals surface area contributed by atoms with Gasteiger partial charge >= 0.3 is 0 Å². The van der Waals surface area contributed by atoms with Crippen LogP contribution in [0, 0.1) is 0 Å². The van der Waals surface area contributed by atoms with E-state index in [0.717, 1.165) is 18.6 Å². The van der Waals surface area contributed by atoms with E-state index in [2.05, 4.69) is 43.9 Å². The molecule has 0 saturated heterocycles. The Bertz CT molecular complexity index is 689. The van der Waals surface area contributed by atoms with Crippen LogP contribution in [0.5, 0.6) is 5.75 Å². The van der Waals surface area contributed by atoms with Crippen molar-refractivity contribution >= 4 is 5.91 Å².